The lowest BCUT2D eigenvalue weighted by molar-refractivity contribution is -0.646. The minimum Gasteiger partial charge on any atom is -0.394 e. The van der Waals surface area contributed by atoms with Gasteiger partial charge in [-0.3, -0.25) is 14.3 Å². The van der Waals surface area contributed by atoms with Crippen LogP contribution in [0, 0.1) is 0 Å². The molecule has 1 aliphatic rings. The number of aliphatic hydroxyl groups is 2. The van der Waals surface area contributed by atoms with E-state index in [1.54, 1.807) is 22.5 Å². The second kappa shape index (κ2) is 4.79. The van der Waals surface area contributed by atoms with Gasteiger partial charge in [0.1, 0.15) is 6.10 Å². The fraction of sp³-hybridized carbons (Fsp3) is 0.583. The molecule has 0 amide bonds. The summed E-state index contributed by atoms with van der Waals surface area (Å²) in [6.07, 6.45) is -0.119. The predicted molar refractivity (Wildman–Crippen MR) is 70.6 cm³/mol. The summed E-state index contributed by atoms with van der Waals surface area (Å²) >= 11 is 0. The molecular formula is C12H17N4O5+. The number of nitrogens with zero attached hydrogens (tertiary/aromatic N) is 3. The number of hydrogen-bond donors (Lipinski definition) is 3. The third-order valence-corrected chi connectivity index (χ3v) is 3.86. The van der Waals surface area contributed by atoms with Crippen molar-refractivity contribution in [1.82, 2.24) is 14.1 Å². The van der Waals surface area contributed by atoms with Crippen molar-refractivity contribution >= 4 is 11.2 Å². The van der Waals surface area contributed by atoms with Gasteiger partial charge in [-0.2, -0.15) is 4.57 Å². The maximum Gasteiger partial charge on any atom is 0.331 e. The minimum absolute atomic E-state index is 0.270. The van der Waals surface area contributed by atoms with Gasteiger partial charge in [0.15, 0.2) is 0 Å². The van der Waals surface area contributed by atoms with E-state index < -0.39 is 29.7 Å². The first-order valence-electron chi connectivity index (χ1n) is 6.58. The maximum atomic E-state index is 12.2. The molecule has 0 saturated carbocycles. The number of imidazole rings is 1. The quantitative estimate of drug-likeness (QED) is 0.530. The standard InChI is InChI=1S/C12H16N4O5/c1-14-5-16(8-3-6(18)7(4-17)21-8)10-9(14)11(19)15(2)12(20)13-10/h5-8,17-18H,3-4H2,1-2H3/p+1/t6-,7+,8+/m0/s1. The average Bonchev–Trinajstić information content (AvgIpc) is 2.96. The van der Waals surface area contributed by atoms with Crippen LogP contribution in [0.5, 0.6) is 0 Å². The molecule has 0 unspecified atom stereocenters. The smallest absolute Gasteiger partial charge is 0.331 e. The largest absolute Gasteiger partial charge is 0.394 e. The molecule has 0 spiro atoms. The van der Waals surface area contributed by atoms with E-state index in [9.17, 15) is 14.7 Å². The van der Waals surface area contributed by atoms with Gasteiger partial charge in [-0.1, -0.05) is 0 Å². The number of rotatable bonds is 2. The maximum absolute atomic E-state index is 12.2. The minimum atomic E-state index is -0.791. The zero-order valence-corrected chi connectivity index (χ0v) is 11.7. The Morgan fingerprint density at radius 2 is 2.24 bits per heavy atom. The Kier molecular flexibility index (Phi) is 3.19. The topological polar surface area (TPSA) is 113 Å². The molecule has 3 rings (SSSR count). The summed E-state index contributed by atoms with van der Waals surface area (Å²) in [5, 5.41) is 18.9. The van der Waals surface area contributed by atoms with E-state index >= 15 is 0 Å². The molecule has 3 heterocycles. The van der Waals surface area contributed by atoms with Crippen molar-refractivity contribution in [2.75, 3.05) is 6.61 Å². The molecule has 3 atom stereocenters. The lowest BCUT2D eigenvalue weighted by atomic mass is 10.2. The number of aromatic nitrogens is 4. The highest BCUT2D eigenvalue weighted by molar-refractivity contribution is 5.65. The van der Waals surface area contributed by atoms with Gasteiger partial charge in [0, 0.05) is 13.5 Å². The van der Waals surface area contributed by atoms with Crippen molar-refractivity contribution < 1.29 is 19.5 Å². The van der Waals surface area contributed by atoms with E-state index in [1.807, 2.05) is 0 Å². The van der Waals surface area contributed by atoms with Crippen molar-refractivity contribution in [1.29, 1.82) is 0 Å². The first-order chi connectivity index (χ1) is 9.93. The van der Waals surface area contributed by atoms with Crippen LogP contribution in [-0.4, -0.2) is 43.1 Å². The molecule has 9 heteroatoms. The van der Waals surface area contributed by atoms with Gasteiger partial charge < -0.3 is 14.9 Å². The van der Waals surface area contributed by atoms with Gasteiger partial charge in [-0.05, 0) is 0 Å². The summed E-state index contributed by atoms with van der Waals surface area (Å²) in [6.45, 7) is -0.290. The van der Waals surface area contributed by atoms with Crippen LogP contribution >= 0.6 is 0 Å². The molecule has 2 aromatic heterocycles. The Morgan fingerprint density at radius 1 is 1.52 bits per heavy atom. The van der Waals surface area contributed by atoms with Gasteiger partial charge in [0.25, 0.3) is 11.2 Å². The van der Waals surface area contributed by atoms with E-state index in [2.05, 4.69) is 4.98 Å². The highest BCUT2D eigenvalue weighted by atomic mass is 16.5. The number of hydrogen-bond acceptors (Lipinski definition) is 5. The highest BCUT2D eigenvalue weighted by Gasteiger charge is 2.39. The number of aromatic amines is 1. The van der Waals surface area contributed by atoms with Crippen LogP contribution in [0.1, 0.15) is 12.6 Å². The van der Waals surface area contributed by atoms with Crippen LogP contribution in [-0.2, 0) is 18.8 Å². The molecular weight excluding hydrogens is 280 g/mol. The van der Waals surface area contributed by atoms with Crippen molar-refractivity contribution in [3.63, 3.8) is 0 Å². The van der Waals surface area contributed by atoms with Gasteiger partial charge >= 0.3 is 11.2 Å². The summed E-state index contributed by atoms with van der Waals surface area (Å²) in [7, 11) is 3.09. The highest BCUT2D eigenvalue weighted by Crippen LogP contribution is 2.29. The van der Waals surface area contributed by atoms with Crippen molar-refractivity contribution in [3.8, 4) is 0 Å². The molecule has 114 valence electrons. The van der Waals surface area contributed by atoms with E-state index in [4.69, 9.17) is 9.84 Å². The normalized spacial score (nSPS) is 25.8. The second-order valence-corrected chi connectivity index (χ2v) is 5.24. The van der Waals surface area contributed by atoms with Crippen molar-refractivity contribution in [2.45, 2.75) is 24.9 Å². The lowest BCUT2D eigenvalue weighted by Gasteiger charge is -2.09. The summed E-state index contributed by atoms with van der Waals surface area (Å²) in [5.41, 5.74) is -0.263. The van der Waals surface area contributed by atoms with Gasteiger partial charge in [-0.25, -0.2) is 9.36 Å². The van der Waals surface area contributed by atoms with Crippen LogP contribution in [0.25, 0.3) is 11.2 Å². The zero-order chi connectivity index (χ0) is 15.3. The number of ether oxygens (including phenoxy) is 1. The molecule has 9 nitrogen and oxygen atoms in total. The van der Waals surface area contributed by atoms with E-state index in [-0.39, 0.29) is 13.0 Å². The van der Waals surface area contributed by atoms with Crippen molar-refractivity contribution in [2.24, 2.45) is 14.1 Å². The Morgan fingerprint density at radius 3 is 2.86 bits per heavy atom. The van der Waals surface area contributed by atoms with E-state index in [0.717, 1.165) is 4.57 Å². The van der Waals surface area contributed by atoms with Gasteiger partial charge in [0.2, 0.25) is 12.6 Å². The Balaban J connectivity index is 2.17. The molecule has 3 N–H and O–H groups in total. The fourth-order valence-corrected chi connectivity index (χ4v) is 2.67. The molecule has 2 aromatic rings. The first kappa shape index (κ1) is 14.0. The molecule has 0 aliphatic carbocycles. The number of aliphatic hydroxyl groups excluding tert-OH is 2. The number of nitrogens with one attached hydrogen (secondary N) is 1. The molecule has 21 heavy (non-hydrogen) atoms. The molecule has 0 radical (unpaired) electrons. The Labute approximate surface area is 118 Å². The molecule has 1 fully saturated rings. The second-order valence-electron chi connectivity index (χ2n) is 5.24. The van der Waals surface area contributed by atoms with Crippen LogP contribution in [0.4, 0.5) is 0 Å². The molecule has 1 saturated heterocycles. The summed E-state index contributed by atoms with van der Waals surface area (Å²) in [6, 6.07) is 0. The zero-order valence-electron chi connectivity index (χ0n) is 11.7. The van der Waals surface area contributed by atoms with Crippen LogP contribution in [0.3, 0.4) is 0 Å². The molecule has 0 bridgehead atoms. The third-order valence-electron chi connectivity index (χ3n) is 3.86. The molecule has 0 aromatic carbocycles. The van der Waals surface area contributed by atoms with Gasteiger partial charge in [0.05, 0.1) is 19.8 Å². The lowest BCUT2D eigenvalue weighted by Crippen LogP contribution is -2.39. The monoisotopic (exact) mass is 297 g/mol. The predicted octanol–water partition coefficient (Wildman–Crippen LogP) is -2.51. The fourth-order valence-electron chi connectivity index (χ4n) is 2.67. The Bertz CT molecular complexity index is 804. The van der Waals surface area contributed by atoms with Gasteiger partial charge in [-0.15, -0.1) is 0 Å². The first-order valence-corrected chi connectivity index (χ1v) is 6.58. The summed E-state index contributed by atoms with van der Waals surface area (Å²) < 4.78 is 9.74. The van der Waals surface area contributed by atoms with Crippen LogP contribution in [0.2, 0.25) is 0 Å². The summed E-state index contributed by atoms with van der Waals surface area (Å²) in [4.78, 5) is 26.6. The van der Waals surface area contributed by atoms with Crippen LogP contribution < -0.4 is 15.8 Å². The number of aryl methyl sites for hydroxylation is 1. The number of fused-ring (bicyclic) bond motifs is 1. The molecule has 1 aliphatic heterocycles. The SMILES string of the molecule is Cn1c(=O)[nH]c2c(c1=O)[n+](C)cn2[C@H]1C[C@H](O)[C@@H](CO)O1. The number of H-pyrrole nitrogens is 1. The third kappa shape index (κ3) is 2.01. The Hall–Kier alpha value is -1.97. The van der Waals surface area contributed by atoms with Crippen LogP contribution in [0.15, 0.2) is 15.9 Å². The average molecular weight is 297 g/mol. The van der Waals surface area contributed by atoms with E-state index in [1.165, 1.54) is 7.05 Å². The van der Waals surface area contributed by atoms with E-state index in [0.29, 0.717) is 11.2 Å². The summed E-state index contributed by atoms with van der Waals surface area (Å²) in [5.74, 6) is 0. The van der Waals surface area contributed by atoms with Crippen molar-refractivity contribution in [3.05, 3.63) is 27.2 Å².